The number of H-pyrrole nitrogens is 1. The van der Waals surface area contributed by atoms with E-state index in [2.05, 4.69) is 41.6 Å². The lowest BCUT2D eigenvalue weighted by atomic mass is 10.0. The Morgan fingerprint density at radius 1 is 1.38 bits per heavy atom. The van der Waals surface area contributed by atoms with Gasteiger partial charge in [-0.15, -0.1) is 0 Å². The van der Waals surface area contributed by atoms with Gasteiger partial charge >= 0.3 is 0 Å². The van der Waals surface area contributed by atoms with Crippen LogP contribution in [-0.2, 0) is 6.42 Å². The van der Waals surface area contributed by atoms with Crippen molar-refractivity contribution in [3.05, 3.63) is 35.5 Å². The third kappa shape index (κ3) is 1.63. The van der Waals surface area contributed by atoms with Crippen molar-refractivity contribution >= 4 is 10.9 Å². The second kappa shape index (κ2) is 3.95. The molecular formula is C14H18N2. The number of hydrogen-bond donors (Lipinski definition) is 2. The van der Waals surface area contributed by atoms with Crippen molar-refractivity contribution in [3.63, 3.8) is 0 Å². The first-order valence-corrected chi connectivity index (χ1v) is 6.13. The molecule has 0 amide bonds. The molecule has 2 aromatic rings. The van der Waals surface area contributed by atoms with Gasteiger partial charge in [0.25, 0.3) is 0 Å². The Bertz CT molecular complexity index is 492. The molecule has 1 fully saturated rings. The van der Waals surface area contributed by atoms with E-state index in [4.69, 9.17) is 0 Å². The SMILES string of the molecule is Cc1cccc2[nH]cc(C[C@H]3CCCN3)c12. The standard InChI is InChI=1S/C14H18N2/c1-10-4-2-6-13-14(10)11(9-16-13)8-12-5-3-7-15-12/h2,4,6,9,12,15-16H,3,5,7-8H2,1H3/t12-/m1/s1. The number of hydrogen-bond acceptors (Lipinski definition) is 1. The summed E-state index contributed by atoms with van der Waals surface area (Å²) >= 11 is 0. The van der Waals surface area contributed by atoms with Gasteiger partial charge in [-0.1, -0.05) is 12.1 Å². The lowest BCUT2D eigenvalue weighted by Crippen LogP contribution is -2.23. The van der Waals surface area contributed by atoms with Gasteiger partial charge in [0.1, 0.15) is 0 Å². The molecule has 2 heterocycles. The molecule has 1 aliphatic heterocycles. The van der Waals surface area contributed by atoms with Crippen LogP contribution in [0.5, 0.6) is 0 Å². The first-order valence-electron chi connectivity index (χ1n) is 6.13. The highest BCUT2D eigenvalue weighted by Crippen LogP contribution is 2.24. The van der Waals surface area contributed by atoms with Crippen LogP contribution in [0.15, 0.2) is 24.4 Å². The van der Waals surface area contributed by atoms with Gasteiger partial charge in [-0.2, -0.15) is 0 Å². The monoisotopic (exact) mass is 214 g/mol. The van der Waals surface area contributed by atoms with E-state index in [0.29, 0.717) is 6.04 Å². The Morgan fingerprint density at radius 2 is 2.31 bits per heavy atom. The van der Waals surface area contributed by atoms with E-state index in [9.17, 15) is 0 Å². The van der Waals surface area contributed by atoms with Crippen molar-refractivity contribution in [2.75, 3.05) is 6.54 Å². The zero-order valence-electron chi connectivity index (χ0n) is 9.72. The predicted molar refractivity (Wildman–Crippen MR) is 67.8 cm³/mol. The van der Waals surface area contributed by atoms with Crippen LogP contribution < -0.4 is 5.32 Å². The fourth-order valence-electron chi connectivity index (χ4n) is 2.81. The molecule has 2 nitrogen and oxygen atoms in total. The highest BCUT2D eigenvalue weighted by molar-refractivity contribution is 5.86. The summed E-state index contributed by atoms with van der Waals surface area (Å²) in [6.07, 6.45) is 5.98. The van der Waals surface area contributed by atoms with Gasteiger partial charge in [-0.3, -0.25) is 0 Å². The largest absolute Gasteiger partial charge is 0.361 e. The zero-order chi connectivity index (χ0) is 11.0. The molecule has 1 aliphatic rings. The van der Waals surface area contributed by atoms with E-state index < -0.39 is 0 Å². The molecule has 0 aliphatic carbocycles. The summed E-state index contributed by atoms with van der Waals surface area (Å²) in [6.45, 7) is 3.38. The number of rotatable bonds is 2. The molecule has 0 radical (unpaired) electrons. The van der Waals surface area contributed by atoms with E-state index in [-0.39, 0.29) is 0 Å². The lowest BCUT2D eigenvalue weighted by Gasteiger charge is -2.09. The van der Waals surface area contributed by atoms with Crippen LogP contribution in [-0.4, -0.2) is 17.6 Å². The number of aromatic amines is 1. The Labute approximate surface area is 96.1 Å². The Balaban J connectivity index is 1.97. The summed E-state index contributed by atoms with van der Waals surface area (Å²) in [5.74, 6) is 0. The van der Waals surface area contributed by atoms with E-state index in [1.165, 1.54) is 41.4 Å². The third-order valence-electron chi connectivity index (χ3n) is 3.62. The molecule has 16 heavy (non-hydrogen) atoms. The maximum atomic E-state index is 3.57. The Hall–Kier alpha value is -1.28. The van der Waals surface area contributed by atoms with E-state index >= 15 is 0 Å². The van der Waals surface area contributed by atoms with Crippen LogP contribution in [0, 0.1) is 6.92 Å². The average Bonchev–Trinajstić information content (AvgIpc) is 2.90. The van der Waals surface area contributed by atoms with Crippen LogP contribution in [0.4, 0.5) is 0 Å². The van der Waals surface area contributed by atoms with E-state index in [1.807, 2.05) is 0 Å². The quantitative estimate of drug-likeness (QED) is 0.790. The van der Waals surface area contributed by atoms with Crippen LogP contribution in [0.3, 0.4) is 0 Å². The fourth-order valence-corrected chi connectivity index (χ4v) is 2.81. The summed E-state index contributed by atoms with van der Waals surface area (Å²) in [7, 11) is 0. The Kier molecular flexibility index (Phi) is 2.44. The first-order chi connectivity index (χ1) is 7.84. The number of aryl methyl sites for hydroxylation is 1. The lowest BCUT2D eigenvalue weighted by molar-refractivity contribution is 0.605. The minimum Gasteiger partial charge on any atom is -0.361 e. The summed E-state index contributed by atoms with van der Waals surface area (Å²) in [5.41, 5.74) is 4.12. The smallest absolute Gasteiger partial charge is 0.0459 e. The molecule has 0 spiro atoms. The van der Waals surface area contributed by atoms with Crippen molar-refractivity contribution in [2.24, 2.45) is 0 Å². The van der Waals surface area contributed by atoms with Gasteiger partial charge in [0.15, 0.2) is 0 Å². The summed E-state index contributed by atoms with van der Waals surface area (Å²) < 4.78 is 0. The van der Waals surface area contributed by atoms with Gasteiger partial charge in [-0.05, 0) is 49.9 Å². The summed E-state index contributed by atoms with van der Waals surface area (Å²) in [4.78, 5) is 3.38. The molecule has 0 bridgehead atoms. The molecule has 0 saturated carbocycles. The molecule has 1 aromatic heterocycles. The van der Waals surface area contributed by atoms with Crippen LogP contribution in [0.2, 0.25) is 0 Å². The van der Waals surface area contributed by atoms with Gasteiger partial charge in [0.2, 0.25) is 0 Å². The maximum absolute atomic E-state index is 3.57. The maximum Gasteiger partial charge on any atom is 0.0459 e. The molecule has 0 unspecified atom stereocenters. The second-order valence-corrected chi connectivity index (χ2v) is 4.81. The minimum absolute atomic E-state index is 0.679. The fraction of sp³-hybridized carbons (Fsp3) is 0.429. The van der Waals surface area contributed by atoms with Crippen LogP contribution in [0.25, 0.3) is 10.9 Å². The summed E-state index contributed by atoms with van der Waals surface area (Å²) in [5, 5.41) is 4.99. The third-order valence-corrected chi connectivity index (χ3v) is 3.62. The molecule has 84 valence electrons. The number of nitrogens with one attached hydrogen (secondary N) is 2. The number of aromatic nitrogens is 1. The average molecular weight is 214 g/mol. The van der Waals surface area contributed by atoms with Gasteiger partial charge in [0.05, 0.1) is 0 Å². The molecular weight excluding hydrogens is 196 g/mol. The van der Waals surface area contributed by atoms with Crippen molar-refractivity contribution < 1.29 is 0 Å². The zero-order valence-corrected chi connectivity index (χ0v) is 9.72. The van der Waals surface area contributed by atoms with Crippen molar-refractivity contribution in [2.45, 2.75) is 32.2 Å². The van der Waals surface area contributed by atoms with Crippen LogP contribution in [0.1, 0.15) is 24.0 Å². The summed E-state index contributed by atoms with van der Waals surface area (Å²) in [6, 6.07) is 7.15. The molecule has 2 N–H and O–H groups in total. The number of fused-ring (bicyclic) bond motifs is 1. The van der Waals surface area contributed by atoms with E-state index in [1.54, 1.807) is 0 Å². The van der Waals surface area contributed by atoms with Crippen molar-refractivity contribution in [1.29, 1.82) is 0 Å². The highest BCUT2D eigenvalue weighted by Gasteiger charge is 2.16. The highest BCUT2D eigenvalue weighted by atomic mass is 14.9. The molecule has 1 aromatic carbocycles. The van der Waals surface area contributed by atoms with E-state index in [0.717, 1.165) is 6.42 Å². The number of benzene rings is 1. The Morgan fingerprint density at radius 3 is 3.12 bits per heavy atom. The molecule has 2 heteroatoms. The second-order valence-electron chi connectivity index (χ2n) is 4.81. The molecule has 1 saturated heterocycles. The van der Waals surface area contributed by atoms with Crippen LogP contribution >= 0.6 is 0 Å². The van der Waals surface area contributed by atoms with Gasteiger partial charge in [0, 0.05) is 23.1 Å². The van der Waals surface area contributed by atoms with Gasteiger partial charge < -0.3 is 10.3 Å². The van der Waals surface area contributed by atoms with Crippen molar-refractivity contribution in [3.8, 4) is 0 Å². The topological polar surface area (TPSA) is 27.8 Å². The molecule has 3 rings (SSSR count). The first kappa shape index (κ1) is 9.91. The molecule has 1 atom stereocenters. The minimum atomic E-state index is 0.679. The van der Waals surface area contributed by atoms with Crippen molar-refractivity contribution in [1.82, 2.24) is 10.3 Å². The van der Waals surface area contributed by atoms with Gasteiger partial charge in [-0.25, -0.2) is 0 Å². The normalized spacial score (nSPS) is 20.7. The predicted octanol–water partition coefficient (Wildman–Crippen LogP) is 2.77.